The van der Waals surface area contributed by atoms with E-state index in [1.54, 1.807) is 42.9 Å². The Bertz CT molecular complexity index is 1590. The number of nitrogens with one attached hydrogen (secondary N) is 2. The van der Waals surface area contributed by atoms with Crippen molar-refractivity contribution in [2.75, 3.05) is 4.72 Å². The number of halogens is 2. The first-order valence-electron chi connectivity index (χ1n) is 9.76. The van der Waals surface area contributed by atoms with E-state index in [0.717, 1.165) is 12.1 Å². The van der Waals surface area contributed by atoms with Gasteiger partial charge in [-0.15, -0.1) is 0 Å². The van der Waals surface area contributed by atoms with Gasteiger partial charge in [-0.05, 0) is 54.6 Å². The van der Waals surface area contributed by atoms with Gasteiger partial charge in [0.05, 0.1) is 6.20 Å². The van der Waals surface area contributed by atoms with Gasteiger partial charge in [0, 0.05) is 28.7 Å². The van der Waals surface area contributed by atoms with Crippen molar-refractivity contribution in [1.82, 2.24) is 25.1 Å². The smallest absolute Gasteiger partial charge is 0.264 e. The van der Waals surface area contributed by atoms with Gasteiger partial charge in [0.2, 0.25) is 5.88 Å². The molecule has 2 N–H and O–H groups in total. The number of nitrogens with zero attached hydrogens (tertiary/aromatic N) is 4. The molecule has 9 nitrogen and oxygen atoms in total. The highest BCUT2D eigenvalue weighted by Crippen LogP contribution is 2.30. The van der Waals surface area contributed by atoms with Gasteiger partial charge in [-0.25, -0.2) is 17.8 Å². The summed E-state index contributed by atoms with van der Waals surface area (Å²) < 4.78 is 47.4. The lowest BCUT2D eigenvalue weighted by molar-refractivity contribution is 0.468. The van der Waals surface area contributed by atoms with Crippen molar-refractivity contribution >= 4 is 38.3 Å². The molecule has 3 heterocycles. The number of ether oxygens (including phenoxy) is 1. The van der Waals surface area contributed by atoms with E-state index in [1.807, 2.05) is 0 Å². The molecular weight excluding hydrogens is 483 g/mol. The number of aromatic nitrogens is 5. The van der Waals surface area contributed by atoms with Gasteiger partial charge in [-0.1, -0.05) is 11.6 Å². The number of sulfonamides is 1. The average molecular weight is 497 g/mol. The lowest BCUT2D eigenvalue weighted by Crippen LogP contribution is -2.14. The van der Waals surface area contributed by atoms with E-state index < -0.39 is 20.7 Å². The number of fused-ring (bicyclic) bond motifs is 1. The molecule has 0 atom stereocenters. The molecule has 0 amide bonds. The van der Waals surface area contributed by atoms with Crippen LogP contribution in [0.1, 0.15) is 0 Å². The molecule has 3 aromatic heterocycles. The van der Waals surface area contributed by atoms with Crippen molar-refractivity contribution < 1.29 is 17.5 Å². The van der Waals surface area contributed by atoms with Gasteiger partial charge >= 0.3 is 0 Å². The number of benzene rings is 2. The number of H-pyrrole nitrogens is 1. The number of aromatic amines is 1. The maximum Gasteiger partial charge on any atom is 0.264 e. The Labute approximate surface area is 197 Å². The molecule has 0 bridgehead atoms. The fourth-order valence-electron chi connectivity index (χ4n) is 3.11. The minimum atomic E-state index is -4.19. The number of anilines is 1. The number of rotatable bonds is 6. The molecule has 0 radical (unpaired) electrons. The predicted octanol–water partition coefficient (Wildman–Crippen LogP) is 4.80. The highest BCUT2D eigenvalue weighted by Gasteiger charge is 2.20. The molecule has 0 aliphatic heterocycles. The fraction of sp³-hybridized carbons (Fsp3) is 0. The maximum absolute atomic E-state index is 14.0. The third-order valence-corrected chi connectivity index (χ3v) is 6.35. The quantitative estimate of drug-likeness (QED) is 0.346. The van der Waals surface area contributed by atoms with Gasteiger partial charge in [-0.2, -0.15) is 10.1 Å². The summed E-state index contributed by atoms with van der Waals surface area (Å²) in [5.41, 5.74) is 1.28. The minimum Gasteiger partial charge on any atom is -0.438 e. The lowest BCUT2D eigenvalue weighted by atomic mass is 10.2. The predicted molar refractivity (Wildman–Crippen MR) is 124 cm³/mol. The highest BCUT2D eigenvalue weighted by molar-refractivity contribution is 7.92. The highest BCUT2D eigenvalue weighted by atomic mass is 35.5. The van der Waals surface area contributed by atoms with Crippen LogP contribution in [0.5, 0.6) is 11.6 Å². The second kappa shape index (κ2) is 8.69. The van der Waals surface area contributed by atoms with Crippen LogP contribution in [0, 0.1) is 5.82 Å². The molecule has 0 saturated heterocycles. The fourth-order valence-corrected chi connectivity index (χ4v) is 4.51. The first kappa shape index (κ1) is 21.7. The Morgan fingerprint density at radius 3 is 2.53 bits per heavy atom. The zero-order valence-electron chi connectivity index (χ0n) is 17.1. The molecule has 0 saturated carbocycles. The van der Waals surface area contributed by atoms with E-state index in [-0.39, 0.29) is 10.7 Å². The molecule has 0 aliphatic rings. The van der Waals surface area contributed by atoms with Crippen LogP contribution < -0.4 is 9.46 Å². The first-order chi connectivity index (χ1) is 16.4. The average Bonchev–Trinajstić information content (AvgIpc) is 3.31. The van der Waals surface area contributed by atoms with Crippen LogP contribution in [0.4, 0.5) is 10.1 Å². The second-order valence-electron chi connectivity index (χ2n) is 7.03. The summed E-state index contributed by atoms with van der Waals surface area (Å²) in [6, 6.07) is 13.0. The van der Waals surface area contributed by atoms with Gasteiger partial charge in [0.15, 0.2) is 11.5 Å². The lowest BCUT2D eigenvalue weighted by Gasteiger charge is -2.10. The maximum atomic E-state index is 14.0. The van der Waals surface area contributed by atoms with E-state index in [4.69, 9.17) is 16.3 Å². The van der Waals surface area contributed by atoms with Crippen molar-refractivity contribution in [3.8, 4) is 23.0 Å². The summed E-state index contributed by atoms with van der Waals surface area (Å²) in [6.07, 6.45) is 4.75. The number of pyridine rings is 1. The normalized spacial score (nSPS) is 11.5. The van der Waals surface area contributed by atoms with E-state index in [1.165, 1.54) is 18.2 Å². The summed E-state index contributed by atoms with van der Waals surface area (Å²) in [6.45, 7) is 0. The van der Waals surface area contributed by atoms with Gasteiger partial charge in [0.1, 0.15) is 21.8 Å². The van der Waals surface area contributed by atoms with Gasteiger partial charge in [-0.3, -0.25) is 14.8 Å². The van der Waals surface area contributed by atoms with Crippen LogP contribution in [-0.2, 0) is 10.0 Å². The molecule has 0 spiro atoms. The third-order valence-electron chi connectivity index (χ3n) is 4.72. The largest absolute Gasteiger partial charge is 0.438 e. The van der Waals surface area contributed by atoms with Gasteiger partial charge < -0.3 is 4.74 Å². The molecule has 0 aliphatic carbocycles. The summed E-state index contributed by atoms with van der Waals surface area (Å²) >= 11 is 5.82. The molecule has 34 heavy (non-hydrogen) atoms. The van der Waals surface area contributed by atoms with Crippen LogP contribution in [0.25, 0.3) is 22.4 Å². The Kier molecular flexibility index (Phi) is 5.56. The van der Waals surface area contributed by atoms with Gasteiger partial charge in [0.25, 0.3) is 10.0 Å². The topological polar surface area (TPSA) is 123 Å². The van der Waals surface area contributed by atoms with Crippen LogP contribution in [-0.4, -0.2) is 33.6 Å². The molecule has 5 rings (SSSR count). The van der Waals surface area contributed by atoms with E-state index >= 15 is 0 Å². The number of hydrogen-bond acceptors (Lipinski definition) is 7. The van der Waals surface area contributed by atoms with Crippen molar-refractivity contribution in [2.45, 2.75) is 4.90 Å². The first-order valence-corrected chi connectivity index (χ1v) is 11.6. The Balaban J connectivity index is 1.44. The molecule has 2 aromatic carbocycles. The SMILES string of the molecule is O=S(=O)(Nc1ccc(-c2nc(Oc3ccncc3)c3cn[nH]c3n2)cc1)c1cc(Cl)ccc1F. The van der Waals surface area contributed by atoms with E-state index in [9.17, 15) is 12.8 Å². The Hall–Kier alpha value is -4.09. The zero-order chi connectivity index (χ0) is 23.7. The third kappa shape index (κ3) is 4.38. The molecule has 0 unspecified atom stereocenters. The van der Waals surface area contributed by atoms with Crippen LogP contribution >= 0.6 is 11.6 Å². The van der Waals surface area contributed by atoms with Crippen LogP contribution in [0.2, 0.25) is 5.02 Å². The molecular formula is C22H14ClFN6O3S. The molecule has 170 valence electrons. The van der Waals surface area contributed by atoms with Crippen molar-refractivity contribution in [1.29, 1.82) is 0 Å². The summed E-state index contributed by atoms with van der Waals surface area (Å²) in [7, 11) is -4.19. The standard InChI is InChI=1S/C22H14ClFN6O3S/c23-14-3-6-18(24)19(11-14)34(31,32)30-15-4-1-13(2-5-15)20-27-21-17(12-26-29-21)22(28-20)33-16-7-9-25-10-8-16/h1-12,30H,(H,26,27,28,29). The van der Waals surface area contributed by atoms with Crippen molar-refractivity contribution in [3.05, 3.63) is 84.0 Å². The molecule has 12 heteroatoms. The Morgan fingerprint density at radius 1 is 1.00 bits per heavy atom. The Morgan fingerprint density at radius 2 is 1.76 bits per heavy atom. The number of hydrogen-bond donors (Lipinski definition) is 2. The van der Waals surface area contributed by atoms with Crippen molar-refractivity contribution in [3.63, 3.8) is 0 Å². The molecule has 0 fully saturated rings. The second-order valence-corrected chi connectivity index (χ2v) is 9.11. The van der Waals surface area contributed by atoms with E-state index in [0.29, 0.717) is 34.1 Å². The minimum absolute atomic E-state index is 0.105. The monoisotopic (exact) mass is 496 g/mol. The van der Waals surface area contributed by atoms with Crippen LogP contribution in [0.3, 0.4) is 0 Å². The van der Waals surface area contributed by atoms with Crippen LogP contribution in [0.15, 0.2) is 78.1 Å². The zero-order valence-corrected chi connectivity index (χ0v) is 18.7. The van der Waals surface area contributed by atoms with E-state index in [2.05, 4.69) is 29.9 Å². The summed E-state index contributed by atoms with van der Waals surface area (Å²) in [5, 5.41) is 7.49. The summed E-state index contributed by atoms with van der Waals surface area (Å²) in [5.74, 6) is 0.258. The molecule has 5 aromatic rings. The summed E-state index contributed by atoms with van der Waals surface area (Å²) in [4.78, 5) is 12.4. The van der Waals surface area contributed by atoms with Crippen molar-refractivity contribution in [2.24, 2.45) is 0 Å².